The van der Waals surface area contributed by atoms with Crippen molar-refractivity contribution >= 4 is 5.97 Å². The highest BCUT2D eigenvalue weighted by Gasteiger charge is 2.21. The molecule has 2 heterocycles. The number of carbonyl (C=O) groups excluding carboxylic acids is 1. The fourth-order valence-electron chi connectivity index (χ4n) is 1.74. The Hall–Kier alpha value is -1.36. The van der Waals surface area contributed by atoms with Crippen LogP contribution in [0.5, 0.6) is 0 Å². The van der Waals surface area contributed by atoms with Gasteiger partial charge >= 0.3 is 5.97 Å². The van der Waals surface area contributed by atoms with Crippen LogP contribution in [0.4, 0.5) is 0 Å². The lowest BCUT2D eigenvalue weighted by molar-refractivity contribution is -0.0341. The molecular formula is C10H14N2O3. The van der Waals surface area contributed by atoms with Crippen LogP contribution in [0.15, 0.2) is 12.4 Å². The van der Waals surface area contributed by atoms with Crippen LogP contribution in [0.1, 0.15) is 36.1 Å². The van der Waals surface area contributed by atoms with Crippen LogP contribution >= 0.6 is 0 Å². The van der Waals surface area contributed by atoms with Gasteiger partial charge < -0.3 is 9.47 Å². The third-order valence-corrected chi connectivity index (χ3v) is 2.50. The first-order valence-electron chi connectivity index (χ1n) is 5.05. The molecule has 1 aromatic rings. The van der Waals surface area contributed by atoms with E-state index in [1.54, 1.807) is 17.0 Å². The predicted molar refractivity (Wildman–Crippen MR) is 52.4 cm³/mol. The second-order valence-corrected chi connectivity index (χ2v) is 3.47. The van der Waals surface area contributed by atoms with Crippen LogP contribution in [0.2, 0.25) is 0 Å². The first-order chi connectivity index (χ1) is 7.33. The van der Waals surface area contributed by atoms with E-state index in [1.165, 1.54) is 7.11 Å². The molecule has 1 aromatic heterocycles. The van der Waals surface area contributed by atoms with Gasteiger partial charge in [0, 0.05) is 19.0 Å². The van der Waals surface area contributed by atoms with Crippen molar-refractivity contribution < 1.29 is 14.3 Å². The van der Waals surface area contributed by atoms with Crippen molar-refractivity contribution in [2.24, 2.45) is 0 Å². The Kier molecular flexibility index (Phi) is 3.01. The molecule has 0 N–H and O–H groups in total. The lowest BCUT2D eigenvalue weighted by Crippen LogP contribution is -2.22. The van der Waals surface area contributed by atoms with Gasteiger partial charge in [-0.2, -0.15) is 0 Å². The van der Waals surface area contributed by atoms with Crippen LogP contribution < -0.4 is 0 Å². The number of esters is 1. The molecule has 1 atom stereocenters. The summed E-state index contributed by atoms with van der Waals surface area (Å²) in [5.41, 5.74) is 0. The normalized spacial score (nSPS) is 21.3. The lowest BCUT2D eigenvalue weighted by atomic mass is 10.2. The highest BCUT2D eigenvalue weighted by atomic mass is 16.5. The zero-order valence-corrected chi connectivity index (χ0v) is 8.68. The van der Waals surface area contributed by atoms with Crippen molar-refractivity contribution in [1.82, 2.24) is 9.55 Å². The summed E-state index contributed by atoms with van der Waals surface area (Å²) in [6, 6.07) is 0. The van der Waals surface area contributed by atoms with Gasteiger partial charge in [-0.1, -0.05) is 0 Å². The van der Waals surface area contributed by atoms with Gasteiger partial charge in [0.15, 0.2) is 0 Å². The second-order valence-electron chi connectivity index (χ2n) is 3.47. The van der Waals surface area contributed by atoms with Crippen LogP contribution in [0.3, 0.4) is 0 Å². The largest absolute Gasteiger partial charge is 0.463 e. The molecule has 1 aliphatic heterocycles. The van der Waals surface area contributed by atoms with Gasteiger partial charge in [0.05, 0.1) is 7.11 Å². The Morgan fingerprint density at radius 1 is 1.67 bits per heavy atom. The number of carbonyl (C=O) groups is 1. The summed E-state index contributed by atoms with van der Waals surface area (Å²) in [5.74, 6) is -0.112. The van der Waals surface area contributed by atoms with Gasteiger partial charge in [0.1, 0.15) is 6.23 Å². The number of hydrogen-bond acceptors (Lipinski definition) is 4. The maximum Gasteiger partial charge on any atom is 0.374 e. The summed E-state index contributed by atoms with van der Waals surface area (Å²) in [7, 11) is 1.35. The Bertz CT molecular complexity index is 342. The molecule has 2 rings (SSSR count). The van der Waals surface area contributed by atoms with E-state index in [0.717, 1.165) is 25.9 Å². The highest BCUT2D eigenvalue weighted by molar-refractivity contribution is 5.85. The molecule has 0 bridgehead atoms. The minimum atomic E-state index is -0.422. The third kappa shape index (κ3) is 2.02. The van der Waals surface area contributed by atoms with Gasteiger partial charge in [-0.25, -0.2) is 9.78 Å². The molecule has 15 heavy (non-hydrogen) atoms. The van der Waals surface area contributed by atoms with E-state index >= 15 is 0 Å². The summed E-state index contributed by atoms with van der Waals surface area (Å²) < 4.78 is 12.0. The number of imidazole rings is 1. The molecule has 1 unspecified atom stereocenters. The van der Waals surface area contributed by atoms with E-state index in [9.17, 15) is 4.79 Å². The third-order valence-electron chi connectivity index (χ3n) is 2.50. The fraction of sp³-hybridized carbons (Fsp3) is 0.600. The van der Waals surface area contributed by atoms with Gasteiger partial charge in [-0.05, 0) is 19.3 Å². The van der Waals surface area contributed by atoms with E-state index in [-0.39, 0.29) is 6.23 Å². The van der Waals surface area contributed by atoms with Gasteiger partial charge in [-0.3, -0.25) is 4.57 Å². The maximum absolute atomic E-state index is 11.4. The van der Waals surface area contributed by atoms with Crippen molar-refractivity contribution in [2.75, 3.05) is 13.7 Å². The molecular weight excluding hydrogens is 196 g/mol. The van der Waals surface area contributed by atoms with Crippen LogP contribution in [-0.4, -0.2) is 29.2 Å². The molecule has 0 radical (unpaired) electrons. The quantitative estimate of drug-likeness (QED) is 0.692. The fourth-order valence-corrected chi connectivity index (χ4v) is 1.74. The van der Waals surface area contributed by atoms with Crippen molar-refractivity contribution in [2.45, 2.75) is 25.5 Å². The van der Waals surface area contributed by atoms with Crippen LogP contribution in [-0.2, 0) is 9.47 Å². The van der Waals surface area contributed by atoms with E-state index in [1.807, 2.05) is 0 Å². The zero-order valence-electron chi connectivity index (χ0n) is 8.68. The Labute approximate surface area is 88.0 Å². The number of nitrogens with zero attached hydrogens (tertiary/aromatic N) is 2. The van der Waals surface area contributed by atoms with Crippen LogP contribution in [0.25, 0.3) is 0 Å². The number of rotatable bonds is 2. The van der Waals surface area contributed by atoms with Crippen molar-refractivity contribution in [1.29, 1.82) is 0 Å². The van der Waals surface area contributed by atoms with Gasteiger partial charge in [-0.15, -0.1) is 0 Å². The molecule has 1 fully saturated rings. The molecule has 82 valence electrons. The SMILES string of the molecule is COC(=O)c1nccn1C1CCCCO1. The smallest absolute Gasteiger partial charge is 0.374 e. The highest BCUT2D eigenvalue weighted by Crippen LogP contribution is 2.23. The minimum Gasteiger partial charge on any atom is -0.463 e. The summed E-state index contributed by atoms with van der Waals surface area (Å²) in [6.45, 7) is 0.740. The first kappa shape index (κ1) is 10.2. The predicted octanol–water partition coefficient (Wildman–Crippen LogP) is 1.37. The number of ether oxygens (including phenoxy) is 2. The zero-order chi connectivity index (χ0) is 10.7. The molecule has 1 aliphatic rings. The standard InChI is InChI=1S/C10H14N2O3/c1-14-10(13)9-11-5-6-12(9)8-4-2-3-7-15-8/h5-6,8H,2-4,7H2,1H3. The summed E-state index contributed by atoms with van der Waals surface area (Å²) in [4.78, 5) is 15.3. The average molecular weight is 210 g/mol. The maximum atomic E-state index is 11.4. The van der Waals surface area contributed by atoms with E-state index in [0.29, 0.717) is 5.82 Å². The van der Waals surface area contributed by atoms with E-state index in [2.05, 4.69) is 9.72 Å². The van der Waals surface area contributed by atoms with Crippen molar-refractivity contribution in [3.05, 3.63) is 18.2 Å². The van der Waals surface area contributed by atoms with E-state index < -0.39 is 5.97 Å². The summed E-state index contributed by atoms with van der Waals surface area (Å²) in [6.07, 6.45) is 6.38. The monoisotopic (exact) mass is 210 g/mol. The number of aromatic nitrogens is 2. The minimum absolute atomic E-state index is 0.0738. The Morgan fingerprint density at radius 3 is 3.20 bits per heavy atom. The average Bonchev–Trinajstić information content (AvgIpc) is 2.78. The first-order valence-corrected chi connectivity index (χ1v) is 5.05. The Morgan fingerprint density at radius 2 is 2.53 bits per heavy atom. The molecule has 0 saturated carbocycles. The molecule has 5 nitrogen and oxygen atoms in total. The lowest BCUT2D eigenvalue weighted by Gasteiger charge is -2.24. The molecule has 0 aliphatic carbocycles. The topological polar surface area (TPSA) is 53.3 Å². The molecule has 0 spiro atoms. The molecule has 1 saturated heterocycles. The van der Waals surface area contributed by atoms with Crippen LogP contribution in [0, 0.1) is 0 Å². The molecule has 5 heteroatoms. The van der Waals surface area contributed by atoms with Gasteiger partial charge in [0.2, 0.25) is 5.82 Å². The van der Waals surface area contributed by atoms with Gasteiger partial charge in [0.25, 0.3) is 0 Å². The molecule has 0 amide bonds. The summed E-state index contributed by atoms with van der Waals surface area (Å²) in [5, 5.41) is 0. The number of hydrogen-bond donors (Lipinski definition) is 0. The van der Waals surface area contributed by atoms with Crippen molar-refractivity contribution in [3.8, 4) is 0 Å². The van der Waals surface area contributed by atoms with Crippen molar-refractivity contribution in [3.63, 3.8) is 0 Å². The van der Waals surface area contributed by atoms with E-state index in [4.69, 9.17) is 4.74 Å². The molecule has 0 aromatic carbocycles. The summed E-state index contributed by atoms with van der Waals surface area (Å²) >= 11 is 0. The number of methoxy groups -OCH3 is 1. The second kappa shape index (κ2) is 4.44. The Balaban J connectivity index is 2.19.